The number of nitrogens with zero attached hydrogens (tertiary/aromatic N) is 4. The Balaban J connectivity index is 1.53. The lowest BCUT2D eigenvalue weighted by Gasteiger charge is -2.36. The molecule has 1 amide bonds. The van der Waals surface area contributed by atoms with Gasteiger partial charge in [-0.2, -0.15) is 0 Å². The van der Waals surface area contributed by atoms with E-state index in [0.29, 0.717) is 24.9 Å². The molecule has 5 atom stereocenters. The maximum atomic E-state index is 14.9. The summed E-state index contributed by atoms with van der Waals surface area (Å²) in [5.41, 5.74) is 2.17. The lowest BCUT2D eigenvalue weighted by molar-refractivity contribution is -0.151. The van der Waals surface area contributed by atoms with E-state index in [1.54, 1.807) is 11.9 Å². The quantitative estimate of drug-likeness (QED) is 0.330. The van der Waals surface area contributed by atoms with Gasteiger partial charge in [0, 0.05) is 57.4 Å². The van der Waals surface area contributed by atoms with Gasteiger partial charge in [-0.15, -0.1) is 0 Å². The normalized spacial score (nSPS) is 28.6. The average molecular weight is 659 g/mol. The average Bonchev–Trinajstić information content (AvgIpc) is 3.04. The van der Waals surface area contributed by atoms with Crippen LogP contribution in [0.25, 0.3) is 6.08 Å². The molecule has 1 aromatic rings. The summed E-state index contributed by atoms with van der Waals surface area (Å²) in [4.78, 5) is 34.5. The number of piperazine rings is 1. The highest BCUT2D eigenvalue weighted by atomic mass is 19.1. The van der Waals surface area contributed by atoms with E-state index in [4.69, 9.17) is 9.47 Å². The number of hydrogen-bond donors (Lipinski definition) is 2. The zero-order chi connectivity index (χ0) is 34.1. The number of carbonyl (C=O) groups is 2. The van der Waals surface area contributed by atoms with Crippen LogP contribution in [-0.4, -0.2) is 128 Å². The van der Waals surface area contributed by atoms with E-state index in [-0.39, 0.29) is 42.8 Å². The Kier molecular flexibility index (Phi) is 13.7. The van der Waals surface area contributed by atoms with Gasteiger partial charge in [0.15, 0.2) is 0 Å². The van der Waals surface area contributed by atoms with Crippen molar-refractivity contribution in [3.63, 3.8) is 0 Å². The first-order valence-electron chi connectivity index (χ1n) is 17.2. The lowest BCUT2D eigenvalue weighted by atomic mass is 9.91. The number of piperidine rings is 1. The highest BCUT2D eigenvalue weighted by Crippen LogP contribution is 2.28. The molecule has 11 heteroatoms. The number of aliphatic hydroxyl groups is 2. The van der Waals surface area contributed by atoms with E-state index in [1.807, 2.05) is 45.1 Å². The van der Waals surface area contributed by atoms with Crippen molar-refractivity contribution in [1.82, 2.24) is 14.7 Å². The van der Waals surface area contributed by atoms with E-state index in [2.05, 4.69) is 21.7 Å². The highest BCUT2D eigenvalue weighted by molar-refractivity contribution is 5.71. The first-order chi connectivity index (χ1) is 22.4. The molecular formula is C36H55FN4O6. The Morgan fingerprint density at radius 3 is 2.45 bits per heavy atom. The Morgan fingerprint density at radius 1 is 1.06 bits per heavy atom. The molecular weight excluding hydrogens is 603 g/mol. The van der Waals surface area contributed by atoms with Gasteiger partial charge in [-0.3, -0.25) is 9.69 Å². The van der Waals surface area contributed by atoms with Crippen LogP contribution in [0.15, 0.2) is 35.9 Å². The fourth-order valence-corrected chi connectivity index (χ4v) is 6.76. The summed E-state index contributed by atoms with van der Waals surface area (Å²) in [6.07, 6.45) is 5.83. The number of ether oxygens (including phenoxy) is 2. The third-order valence-corrected chi connectivity index (χ3v) is 9.92. The number of aliphatic hydroxyl groups excluding tert-OH is 2. The fraction of sp³-hybridized carbons (Fsp3) is 0.667. The minimum atomic E-state index is -0.879. The van der Waals surface area contributed by atoms with Crippen molar-refractivity contribution in [3.05, 3.63) is 47.3 Å². The van der Waals surface area contributed by atoms with Crippen molar-refractivity contribution in [1.29, 1.82) is 0 Å². The van der Waals surface area contributed by atoms with Gasteiger partial charge in [0.1, 0.15) is 18.0 Å². The van der Waals surface area contributed by atoms with Crippen molar-refractivity contribution < 1.29 is 33.7 Å². The van der Waals surface area contributed by atoms with Crippen LogP contribution in [0.4, 0.5) is 14.9 Å². The molecule has 0 radical (unpaired) electrons. The summed E-state index contributed by atoms with van der Waals surface area (Å²) >= 11 is 0. The molecule has 2 saturated heterocycles. The summed E-state index contributed by atoms with van der Waals surface area (Å²) in [6, 6.07) is 5.06. The number of cyclic esters (lactones) is 1. The summed E-state index contributed by atoms with van der Waals surface area (Å²) in [5, 5.41) is 19.9. The fourth-order valence-electron chi connectivity index (χ4n) is 6.76. The summed E-state index contributed by atoms with van der Waals surface area (Å²) < 4.78 is 26.9. The number of hydrogen-bond acceptors (Lipinski definition) is 9. The predicted molar refractivity (Wildman–Crippen MR) is 182 cm³/mol. The van der Waals surface area contributed by atoms with Crippen LogP contribution in [0.2, 0.25) is 0 Å². The van der Waals surface area contributed by atoms with Crippen molar-refractivity contribution in [2.75, 3.05) is 71.4 Å². The SMILES string of the molecule is C/C(=C\c1cc(F)cc(N2CCN(CCO)CC2)c1)[C@H]1OC(=O)C[C@H](O)CC[C@H](C)[C@H](OC(=O)N(C)C2CCN(C)CC2)/C=C/[C@@H]1C. The van der Waals surface area contributed by atoms with Gasteiger partial charge < -0.3 is 34.4 Å². The Labute approximate surface area is 279 Å². The minimum Gasteiger partial charge on any atom is -0.457 e. The third kappa shape index (κ3) is 10.8. The first kappa shape index (κ1) is 36.8. The lowest BCUT2D eigenvalue weighted by Crippen LogP contribution is -2.47. The second kappa shape index (κ2) is 17.4. The maximum Gasteiger partial charge on any atom is 0.410 e. The van der Waals surface area contributed by atoms with Gasteiger partial charge in [0.25, 0.3) is 0 Å². The molecule has 47 heavy (non-hydrogen) atoms. The molecule has 10 nitrogen and oxygen atoms in total. The molecule has 0 saturated carbocycles. The smallest absolute Gasteiger partial charge is 0.410 e. The van der Waals surface area contributed by atoms with E-state index in [0.717, 1.165) is 63.4 Å². The molecule has 1 aromatic carbocycles. The highest BCUT2D eigenvalue weighted by Gasteiger charge is 2.30. The summed E-state index contributed by atoms with van der Waals surface area (Å²) in [5.74, 6) is -1.22. The zero-order valence-electron chi connectivity index (χ0n) is 28.8. The Morgan fingerprint density at radius 2 is 1.77 bits per heavy atom. The first-order valence-corrected chi connectivity index (χ1v) is 17.2. The Bertz CT molecular complexity index is 1240. The molecule has 3 aliphatic heterocycles. The van der Waals surface area contributed by atoms with Gasteiger partial charge >= 0.3 is 12.1 Å². The van der Waals surface area contributed by atoms with Crippen LogP contribution in [0.1, 0.15) is 58.4 Å². The third-order valence-electron chi connectivity index (χ3n) is 9.92. The van der Waals surface area contributed by atoms with Gasteiger partial charge in [-0.25, -0.2) is 9.18 Å². The standard InChI is InChI=1S/C36H55FN4O6/c1-25-6-8-32(43)24-34(44)47-35(26(2)7-9-33(25)46-36(45)39(5)30-10-12-38(4)13-11-30)27(3)20-28-21-29(37)23-31(22-28)41-16-14-40(15-17-41)18-19-42/h7,9,20-23,25-26,30,32-33,35,42-43H,6,8,10-19,24H2,1-5H3/b9-7+,27-20+/t25-,26-,32+,33+,35-/m0/s1. The predicted octanol–water partition coefficient (Wildman–Crippen LogP) is 4.16. The number of amides is 1. The zero-order valence-corrected chi connectivity index (χ0v) is 28.8. The Hall–Kier alpha value is -2.99. The number of anilines is 1. The number of carbonyl (C=O) groups excluding carboxylic acids is 2. The molecule has 0 spiro atoms. The number of rotatable bonds is 7. The molecule has 0 bridgehead atoms. The maximum absolute atomic E-state index is 14.9. The molecule has 4 rings (SSSR count). The number of halogens is 1. The van der Waals surface area contributed by atoms with E-state index in [1.165, 1.54) is 12.1 Å². The van der Waals surface area contributed by atoms with Crippen LogP contribution < -0.4 is 4.90 Å². The number of likely N-dealkylation sites (tertiary alicyclic amines) is 1. The van der Waals surface area contributed by atoms with Crippen molar-refractivity contribution in [2.45, 2.75) is 77.2 Å². The van der Waals surface area contributed by atoms with Crippen LogP contribution in [0.5, 0.6) is 0 Å². The van der Waals surface area contributed by atoms with Gasteiger partial charge in [-0.05, 0) is 94.1 Å². The molecule has 2 fully saturated rings. The molecule has 3 heterocycles. The number of benzene rings is 1. The minimum absolute atomic E-state index is 0.0790. The van der Waals surface area contributed by atoms with Gasteiger partial charge in [-0.1, -0.05) is 26.0 Å². The molecule has 3 aliphatic rings. The number of β-amino-alcohol motifs (C(OH)–C–C–N with tert-alkyl or cyclic N) is 1. The van der Waals surface area contributed by atoms with Crippen LogP contribution in [0.3, 0.4) is 0 Å². The van der Waals surface area contributed by atoms with Crippen molar-refractivity contribution in [3.8, 4) is 0 Å². The molecule has 0 unspecified atom stereocenters. The van der Waals surface area contributed by atoms with Crippen molar-refractivity contribution >= 4 is 23.8 Å². The molecule has 2 N–H and O–H groups in total. The molecule has 0 aliphatic carbocycles. The number of esters is 1. The van der Waals surface area contributed by atoms with Gasteiger partial charge in [0.05, 0.1) is 19.1 Å². The molecule has 0 aromatic heterocycles. The largest absolute Gasteiger partial charge is 0.457 e. The topological polar surface area (TPSA) is 106 Å². The van der Waals surface area contributed by atoms with E-state index in [9.17, 15) is 24.2 Å². The second-order valence-electron chi connectivity index (χ2n) is 13.7. The van der Waals surface area contributed by atoms with Gasteiger partial charge in [0.2, 0.25) is 0 Å². The monoisotopic (exact) mass is 658 g/mol. The van der Waals surface area contributed by atoms with Crippen LogP contribution in [0, 0.1) is 17.7 Å². The van der Waals surface area contributed by atoms with E-state index >= 15 is 0 Å². The van der Waals surface area contributed by atoms with E-state index < -0.39 is 24.3 Å². The summed E-state index contributed by atoms with van der Waals surface area (Å²) in [7, 11) is 3.88. The summed E-state index contributed by atoms with van der Waals surface area (Å²) in [6.45, 7) is 11.4. The van der Waals surface area contributed by atoms with Crippen molar-refractivity contribution in [2.24, 2.45) is 11.8 Å². The molecule has 262 valence electrons. The van der Waals surface area contributed by atoms with Crippen LogP contribution >= 0.6 is 0 Å². The second-order valence-corrected chi connectivity index (χ2v) is 13.7. The van der Waals surface area contributed by atoms with Crippen LogP contribution in [-0.2, 0) is 14.3 Å².